The number of benzene rings is 1. The lowest BCUT2D eigenvalue weighted by Crippen LogP contribution is -2.59. The number of amides is 3. The second-order valence-corrected chi connectivity index (χ2v) is 9.91. The second-order valence-electron chi connectivity index (χ2n) is 9.91. The summed E-state index contributed by atoms with van der Waals surface area (Å²) < 4.78 is 0. The van der Waals surface area contributed by atoms with E-state index in [4.69, 9.17) is 5.73 Å². The number of aliphatic carboxylic acids is 2. The maximum Gasteiger partial charge on any atom is 0.326 e. The van der Waals surface area contributed by atoms with Crippen molar-refractivity contribution in [1.29, 1.82) is 0 Å². The number of H-pyrrole nitrogens is 1. The van der Waals surface area contributed by atoms with E-state index in [0.29, 0.717) is 12.8 Å². The third-order valence-electron chi connectivity index (χ3n) is 7.03. The Hall–Kier alpha value is -3.93. The van der Waals surface area contributed by atoms with Gasteiger partial charge in [0.15, 0.2) is 0 Å². The standard InChI is InChI=1S/C27H39N5O7/c1-5-14(3)22(31-24(35)18(28)11-16-13-29-19-10-8-7-9-17(16)19)26(37)30-20(12-21(33)34)25(36)32-23(27(38)39)15(4)6-2/h7-10,13-15,18,20,22-23,29H,5-6,11-12,28H2,1-4H3,(H,30,37)(H,31,35)(H,32,36)(H,33,34)(H,38,39). The largest absolute Gasteiger partial charge is 0.481 e. The van der Waals surface area contributed by atoms with Crippen molar-refractivity contribution in [3.05, 3.63) is 36.0 Å². The van der Waals surface area contributed by atoms with Gasteiger partial charge in [0.25, 0.3) is 0 Å². The molecule has 6 unspecified atom stereocenters. The Morgan fingerprint density at radius 3 is 2.05 bits per heavy atom. The van der Waals surface area contributed by atoms with Crippen LogP contribution in [0.25, 0.3) is 10.9 Å². The van der Waals surface area contributed by atoms with Crippen molar-refractivity contribution in [2.45, 2.75) is 77.5 Å². The predicted octanol–water partition coefficient (Wildman–Crippen LogP) is 1.14. The van der Waals surface area contributed by atoms with Crippen LogP contribution in [0.5, 0.6) is 0 Å². The number of nitrogens with two attached hydrogens (primary N) is 1. The smallest absolute Gasteiger partial charge is 0.326 e. The first-order valence-corrected chi connectivity index (χ1v) is 13.1. The molecule has 0 aliphatic rings. The third kappa shape index (κ3) is 8.54. The second kappa shape index (κ2) is 14.3. The molecule has 0 fully saturated rings. The highest BCUT2D eigenvalue weighted by molar-refractivity contribution is 5.96. The Labute approximate surface area is 227 Å². The van der Waals surface area contributed by atoms with Crippen LogP contribution in [-0.2, 0) is 30.4 Å². The molecular weight excluding hydrogens is 506 g/mol. The Kier molecular flexibility index (Phi) is 11.5. The van der Waals surface area contributed by atoms with Gasteiger partial charge in [0, 0.05) is 17.1 Å². The van der Waals surface area contributed by atoms with Crippen molar-refractivity contribution in [2.24, 2.45) is 17.6 Å². The van der Waals surface area contributed by atoms with Crippen molar-refractivity contribution in [2.75, 3.05) is 0 Å². The van der Waals surface area contributed by atoms with Crippen molar-refractivity contribution in [1.82, 2.24) is 20.9 Å². The van der Waals surface area contributed by atoms with E-state index in [0.717, 1.165) is 16.5 Å². The van der Waals surface area contributed by atoms with Crippen molar-refractivity contribution >= 4 is 40.6 Å². The SMILES string of the molecule is CCC(C)C(NC(=O)C(CC(=O)O)NC(=O)C(NC(=O)C(N)Cc1c[nH]c2ccccc12)C(C)CC)C(=O)O. The fourth-order valence-corrected chi connectivity index (χ4v) is 4.17. The maximum atomic E-state index is 13.2. The van der Waals surface area contributed by atoms with E-state index in [9.17, 15) is 34.2 Å². The number of carbonyl (C=O) groups excluding carboxylic acids is 3. The summed E-state index contributed by atoms with van der Waals surface area (Å²) >= 11 is 0. The average Bonchev–Trinajstić information content (AvgIpc) is 3.30. The highest BCUT2D eigenvalue weighted by Gasteiger charge is 2.34. The summed E-state index contributed by atoms with van der Waals surface area (Å²) in [5.41, 5.74) is 7.91. The van der Waals surface area contributed by atoms with Crippen molar-refractivity contribution in [3.8, 4) is 0 Å². The van der Waals surface area contributed by atoms with Crippen LogP contribution >= 0.6 is 0 Å². The first kappa shape index (κ1) is 31.3. The lowest BCUT2D eigenvalue weighted by molar-refractivity contribution is -0.144. The highest BCUT2D eigenvalue weighted by Crippen LogP contribution is 2.19. The summed E-state index contributed by atoms with van der Waals surface area (Å²) in [5, 5.41) is 27.1. The lowest BCUT2D eigenvalue weighted by Gasteiger charge is -2.28. The number of aromatic amines is 1. The Bertz CT molecular complexity index is 1180. The molecule has 8 N–H and O–H groups in total. The zero-order valence-electron chi connectivity index (χ0n) is 22.7. The highest BCUT2D eigenvalue weighted by atomic mass is 16.4. The molecule has 0 radical (unpaired) electrons. The number of aromatic nitrogens is 1. The van der Waals surface area contributed by atoms with Crippen molar-refractivity contribution < 1.29 is 34.2 Å². The molecule has 12 nitrogen and oxygen atoms in total. The first-order valence-electron chi connectivity index (χ1n) is 13.1. The quantitative estimate of drug-likeness (QED) is 0.172. The number of carboxylic acids is 2. The maximum absolute atomic E-state index is 13.2. The van der Waals surface area contributed by atoms with E-state index in [2.05, 4.69) is 20.9 Å². The number of rotatable bonds is 15. The van der Waals surface area contributed by atoms with Crippen LogP contribution in [0.2, 0.25) is 0 Å². The van der Waals surface area contributed by atoms with E-state index in [1.54, 1.807) is 27.0 Å². The summed E-state index contributed by atoms with van der Waals surface area (Å²) in [6, 6.07) is 2.67. The van der Waals surface area contributed by atoms with Gasteiger partial charge in [0.1, 0.15) is 18.1 Å². The third-order valence-corrected chi connectivity index (χ3v) is 7.03. The summed E-state index contributed by atoms with van der Waals surface area (Å²) in [5.74, 6) is -5.74. The zero-order valence-corrected chi connectivity index (χ0v) is 22.7. The molecule has 6 atom stereocenters. The van der Waals surface area contributed by atoms with Crippen LogP contribution < -0.4 is 21.7 Å². The van der Waals surface area contributed by atoms with Gasteiger partial charge < -0.3 is 36.9 Å². The molecule has 0 spiro atoms. The number of carboxylic acid groups (broad SMARTS) is 2. The summed E-state index contributed by atoms with van der Waals surface area (Å²) in [6.07, 6.45) is 2.15. The minimum atomic E-state index is -1.55. The fraction of sp³-hybridized carbons (Fsp3) is 0.519. The molecule has 0 aliphatic carbocycles. The average molecular weight is 546 g/mol. The molecule has 0 saturated carbocycles. The van der Waals surface area contributed by atoms with Gasteiger partial charge in [-0.3, -0.25) is 19.2 Å². The van der Waals surface area contributed by atoms with E-state index in [-0.39, 0.29) is 12.3 Å². The minimum absolute atomic E-state index is 0.209. The Morgan fingerprint density at radius 1 is 0.872 bits per heavy atom. The van der Waals surface area contributed by atoms with Gasteiger partial charge in [-0.1, -0.05) is 58.7 Å². The van der Waals surface area contributed by atoms with Crippen LogP contribution in [0.1, 0.15) is 52.5 Å². The molecule has 2 aromatic rings. The molecule has 0 aliphatic heterocycles. The molecule has 12 heteroatoms. The predicted molar refractivity (Wildman–Crippen MR) is 145 cm³/mol. The van der Waals surface area contributed by atoms with Gasteiger partial charge in [0.2, 0.25) is 17.7 Å². The van der Waals surface area contributed by atoms with Gasteiger partial charge in [-0.2, -0.15) is 0 Å². The number of nitrogens with one attached hydrogen (secondary N) is 4. The molecule has 39 heavy (non-hydrogen) atoms. The summed E-state index contributed by atoms with van der Waals surface area (Å²) in [7, 11) is 0. The normalized spacial score (nSPS) is 15.8. The van der Waals surface area contributed by atoms with Crippen LogP contribution in [-0.4, -0.2) is 69.0 Å². The van der Waals surface area contributed by atoms with Crippen LogP contribution in [0, 0.1) is 11.8 Å². The zero-order chi connectivity index (χ0) is 29.3. The van der Waals surface area contributed by atoms with Crippen LogP contribution in [0.3, 0.4) is 0 Å². The Balaban J connectivity index is 2.16. The molecule has 2 rings (SSSR count). The molecule has 3 amide bonds. The number of hydrogen-bond acceptors (Lipinski definition) is 6. The Morgan fingerprint density at radius 2 is 1.46 bits per heavy atom. The van der Waals surface area contributed by atoms with E-state index in [1.807, 2.05) is 31.2 Å². The van der Waals surface area contributed by atoms with Gasteiger partial charge in [0.05, 0.1) is 12.5 Å². The molecular formula is C27H39N5O7. The number of hydrogen-bond donors (Lipinski definition) is 7. The summed E-state index contributed by atoms with van der Waals surface area (Å²) in [6.45, 7) is 6.93. The molecule has 1 aromatic heterocycles. The number of carbonyl (C=O) groups is 5. The number of para-hydroxylation sites is 1. The minimum Gasteiger partial charge on any atom is -0.481 e. The summed E-state index contributed by atoms with van der Waals surface area (Å²) in [4.78, 5) is 65.3. The topological polar surface area (TPSA) is 204 Å². The van der Waals surface area contributed by atoms with Gasteiger partial charge in [-0.05, 0) is 29.9 Å². The van der Waals surface area contributed by atoms with Crippen LogP contribution in [0.15, 0.2) is 30.5 Å². The van der Waals surface area contributed by atoms with E-state index >= 15 is 0 Å². The van der Waals surface area contributed by atoms with Crippen LogP contribution in [0.4, 0.5) is 0 Å². The molecule has 214 valence electrons. The molecule has 0 saturated heterocycles. The van der Waals surface area contributed by atoms with Gasteiger partial charge in [-0.15, -0.1) is 0 Å². The van der Waals surface area contributed by atoms with E-state index in [1.165, 1.54) is 0 Å². The van der Waals surface area contributed by atoms with E-state index < -0.39 is 66.2 Å². The molecule has 1 heterocycles. The molecule has 0 bridgehead atoms. The first-order chi connectivity index (χ1) is 18.4. The van der Waals surface area contributed by atoms with Crippen molar-refractivity contribution in [3.63, 3.8) is 0 Å². The lowest BCUT2D eigenvalue weighted by atomic mass is 9.96. The molecule has 1 aromatic carbocycles. The van der Waals surface area contributed by atoms with Gasteiger partial charge in [-0.25, -0.2) is 4.79 Å². The number of fused-ring (bicyclic) bond motifs is 1. The monoisotopic (exact) mass is 545 g/mol. The fourth-order valence-electron chi connectivity index (χ4n) is 4.17. The van der Waals surface area contributed by atoms with Gasteiger partial charge >= 0.3 is 11.9 Å².